The summed E-state index contributed by atoms with van der Waals surface area (Å²) < 4.78 is 17.8. The summed E-state index contributed by atoms with van der Waals surface area (Å²) in [4.78, 5) is 10.3. The smallest absolute Gasteiger partial charge is 0.311 e. The molecule has 0 aliphatic rings. The SMILES string of the molecule is COc1cc(NCc2ccc(F)cc2)ccc1[N+](=O)[O-]. The molecule has 0 aliphatic heterocycles. The van der Waals surface area contributed by atoms with E-state index in [0.717, 1.165) is 5.56 Å². The van der Waals surface area contributed by atoms with Crippen LogP contribution in [0.3, 0.4) is 0 Å². The number of nitrogens with zero attached hydrogens (tertiary/aromatic N) is 1. The maximum absolute atomic E-state index is 12.8. The quantitative estimate of drug-likeness (QED) is 0.671. The minimum atomic E-state index is -0.497. The van der Waals surface area contributed by atoms with Gasteiger partial charge in [-0.25, -0.2) is 4.39 Å². The number of nitrogens with one attached hydrogen (secondary N) is 1. The van der Waals surface area contributed by atoms with E-state index in [1.54, 1.807) is 24.3 Å². The van der Waals surface area contributed by atoms with E-state index in [2.05, 4.69) is 5.32 Å². The molecule has 2 aromatic carbocycles. The van der Waals surface area contributed by atoms with Crippen molar-refractivity contribution < 1.29 is 14.1 Å². The van der Waals surface area contributed by atoms with E-state index in [1.807, 2.05) is 0 Å². The Labute approximate surface area is 115 Å². The molecular formula is C14H13FN2O3. The van der Waals surface area contributed by atoms with Gasteiger partial charge in [-0.2, -0.15) is 0 Å². The molecule has 5 nitrogen and oxygen atoms in total. The molecule has 0 radical (unpaired) electrons. The Morgan fingerprint density at radius 3 is 2.55 bits per heavy atom. The van der Waals surface area contributed by atoms with Gasteiger partial charge in [0.1, 0.15) is 5.82 Å². The van der Waals surface area contributed by atoms with Crippen LogP contribution in [0.25, 0.3) is 0 Å². The number of benzene rings is 2. The van der Waals surface area contributed by atoms with Crippen molar-refractivity contribution in [3.8, 4) is 5.75 Å². The Balaban J connectivity index is 2.10. The monoisotopic (exact) mass is 276 g/mol. The largest absolute Gasteiger partial charge is 0.490 e. The van der Waals surface area contributed by atoms with Gasteiger partial charge in [0.05, 0.1) is 12.0 Å². The van der Waals surface area contributed by atoms with Gasteiger partial charge in [-0.05, 0) is 23.8 Å². The predicted molar refractivity (Wildman–Crippen MR) is 73.4 cm³/mol. The fraction of sp³-hybridized carbons (Fsp3) is 0.143. The molecular weight excluding hydrogens is 263 g/mol. The summed E-state index contributed by atoms with van der Waals surface area (Å²) in [7, 11) is 1.38. The van der Waals surface area contributed by atoms with Gasteiger partial charge < -0.3 is 10.1 Å². The number of ether oxygens (including phenoxy) is 1. The molecule has 0 aromatic heterocycles. The zero-order valence-electron chi connectivity index (χ0n) is 10.8. The molecule has 0 bridgehead atoms. The van der Waals surface area contributed by atoms with Crippen molar-refractivity contribution in [1.29, 1.82) is 0 Å². The minimum Gasteiger partial charge on any atom is -0.490 e. The first-order valence-electron chi connectivity index (χ1n) is 5.91. The Hall–Kier alpha value is -2.63. The van der Waals surface area contributed by atoms with E-state index >= 15 is 0 Å². The van der Waals surface area contributed by atoms with Gasteiger partial charge in [-0.3, -0.25) is 10.1 Å². The van der Waals surface area contributed by atoms with Crippen molar-refractivity contribution in [2.75, 3.05) is 12.4 Å². The highest BCUT2D eigenvalue weighted by Crippen LogP contribution is 2.29. The fourth-order valence-electron chi connectivity index (χ4n) is 1.74. The number of hydrogen-bond acceptors (Lipinski definition) is 4. The summed E-state index contributed by atoms with van der Waals surface area (Å²) in [5.74, 6) is -0.0927. The van der Waals surface area contributed by atoms with Crippen molar-refractivity contribution in [2.45, 2.75) is 6.54 Å². The number of methoxy groups -OCH3 is 1. The molecule has 0 spiro atoms. The van der Waals surface area contributed by atoms with E-state index in [9.17, 15) is 14.5 Å². The van der Waals surface area contributed by atoms with Crippen LogP contribution in [0.4, 0.5) is 15.8 Å². The number of nitro benzene ring substituents is 1. The highest BCUT2D eigenvalue weighted by atomic mass is 19.1. The molecule has 0 unspecified atom stereocenters. The average molecular weight is 276 g/mol. The second kappa shape index (κ2) is 6.01. The van der Waals surface area contributed by atoms with E-state index in [0.29, 0.717) is 12.2 Å². The van der Waals surface area contributed by atoms with Gasteiger partial charge in [-0.1, -0.05) is 12.1 Å². The number of hydrogen-bond donors (Lipinski definition) is 1. The van der Waals surface area contributed by atoms with E-state index in [1.165, 1.54) is 25.3 Å². The van der Waals surface area contributed by atoms with Gasteiger partial charge in [-0.15, -0.1) is 0 Å². The topological polar surface area (TPSA) is 64.4 Å². The summed E-state index contributed by atoms with van der Waals surface area (Å²) in [6, 6.07) is 10.6. The third-order valence-corrected chi connectivity index (χ3v) is 2.79. The normalized spacial score (nSPS) is 10.1. The Kier molecular flexibility index (Phi) is 4.14. The Bertz CT molecular complexity index is 614. The van der Waals surface area contributed by atoms with Crippen molar-refractivity contribution >= 4 is 11.4 Å². The zero-order chi connectivity index (χ0) is 14.5. The molecule has 0 atom stereocenters. The Morgan fingerprint density at radius 2 is 1.95 bits per heavy atom. The van der Waals surface area contributed by atoms with Crippen LogP contribution in [0.2, 0.25) is 0 Å². The van der Waals surface area contributed by atoms with Gasteiger partial charge in [0.15, 0.2) is 5.75 Å². The highest BCUT2D eigenvalue weighted by Gasteiger charge is 2.14. The molecule has 104 valence electrons. The molecule has 20 heavy (non-hydrogen) atoms. The van der Waals surface area contributed by atoms with Gasteiger partial charge in [0, 0.05) is 24.4 Å². The molecule has 6 heteroatoms. The van der Waals surface area contributed by atoms with Crippen LogP contribution in [0, 0.1) is 15.9 Å². The number of anilines is 1. The van der Waals surface area contributed by atoms with Crippen molar-refractivity contribution in [2.24, 2.45) is 0 Å². The van der Waals surface area contributed by atoms with Gasteiger partial charge in [0.2, 0.25) is 0 Å². The van der Waals surface area contributed by atoms with Crippen molar-refractivity contribution in [3.63, 3.8) is 0 Å². The second-order valence-electron chi connectivity index (χ2n) is 4.12. The summed E-state index contributed by atoms with van der Waals surface area (Å²) in [6.07, 6.45) is 0. The standard InChI is InChI=1S/C14H13FN2O3/c1-20-14-8-12(6-7-13(14)17(18)19)16-9-10-2-4-11(15)5-3-10/h2-8,16H,9H2,1H3. The van der Waals surface area contributed by atoms with Crippen LogP contribution in [-0.2, 0) is 6.54 Å². The second-order valence-corrected chi connectivity index (χ2v) is 4.12. The lowest BCUT2D eigenvalue weighted by Crippen LogP contribution is -2.01. The van der Waals surface area contributed by atoms with Crippen LogP contribution in [0.15, 0.2) is 42.5 Å². The molecule has 2 rings (SSSR count). The molecule has 0 amide bonds. The number of rotatable bonds is 5. The van der Waals surface area contributed by atoms with Crippen LogP contribution in [-0.4, -0.2) is 12.0 Å². The maximum atomic E-state index is 12.8. The van der Waals surface area contributed by atoms with Gasteiger partial charge in [0.25, 0.3) is 0 Å². The van der Waals surface area contributed by atoms with E-state index in [4.69, 9.17) is 4.74 Å². The highest BCUT2D eigenvalue weighted by molar-refractivity contribution is 5.58. The molecule has 0 fully saturated rings. The van der Waals surface area contributed by atoms with Crippen LogP contribution in [0.1, 0.15) is 5.56 Å². The number of halogens is 1. The Morgan fingerprint density at radius 1 is 1.25 bits per heavy atom. The summed E-state index contributed by atoms with van der Waals surface area (Å²) in [5.41, 5.74) is 1.51. The summed E-state index contributed by atoms with van der Waals surface area (Å²) in [5, 5.41) is 13.9. The van der Waals surface area contributed by atoms with E-state index in [-0.39, 0.29) is 17.3 Å². The fourth-order valence-corrected chi connectivity index (χ4v) is 1.74. The molecule has 0 heterocycles. The lowest BCUT2D eigenvalue weighted by molar-refractivity contribution is -0.385. The van der Waals surface area contributed by atoms with E-state index < -0.39 is 4.92 Å². The van der Waals surface area contributed by atoms with Crippen LogP contribution in [0.5, 0.6) is 5.75 Å². The first kappa shape index (κ1) is 13.8. The molecule has 0 saturated heterocycles. The predicted octanol–water partition coefficient (Wildman–Crippen LogP) is 3.35. The molecule has 2 aromatic rings. The van der Waals surface area contributed by atoms with Crippen molar-refractivity contribution in [3.05, 3.63) is 64.0 Å². The lowest BCUT2D eigenvalue weighted by Gasteiger charge is -2.08. The van der Waals surface area contributed by atoms with Crippen LogP contribution >= 0.6 is 0 Å². The average Bonchev–Trinajstić information content (AvgIpc) is 2.46. The summed E-state index contributed by atoms with van der Waals surface area (Å²) in [6.45, 7) is 0.487. The minimum absolute atomic E-state index is 0.0835. The lowest BCUT2D eigenvalue weighted by atomic mass is 10.2. The third kappa shape index (κ3) is 3.23. The number of nitro groups is 1. The van der Waals surface area contributed by atoms with Crippen molar-refractivity contribution in [1.82, 2.24) is 0 Å². The zero-order valence-corrected chi connectivity index (χ0v) is 10.8. The molecule has 1 N–H and O–H groups in total. The first-order valence-corrected chi connectivity index (χ1v) is 5.91. The maximum Gasteiger partial charge on any atom is 0.311 e. The molecule has 0 saturated carbocycles. The van der Waals surface area contributed by atoms with Gasteiger partial charge >= 0.3 is 5.69 Å². The third-order valence-electron chi connectivity index (χ3n) is 2.79. The van der Waals surface area contributed by atoms with Crippen LogP contribution < -0.4 is 10.1 Å². The molecule has 0 aliphatic carbocycles. The summed E-state index contributed by atoms with van der Waals surface area (Å²) >= 11 is 0. The first-order chi connectivity index (χ1) is 9.60.